The zero-order valence-corrected chi connectivity index (χ0v) is 11.8. The maximum Gasteiger partial charge on any atom is 0.138 e. The minimum Gasteiger partial charge on any atom is -0.373 e. The van der Waals surface area contributed by atoms with Gasteiger partial charge in [0.1, 0.15) is 17.5 Å². The monoisotopic (exact) mass is 236 g/mol. The molecule has 0 unspecified atom stereocenters. The molecule has 17 heavy (non-hydrogen) atoms. The minimum absolute atomic E-state index is 0.0406. The first-order valence-electron chi connectivity index (χ1n) is 6.14. The highest BCUT2D eigenvalue weighted by Crippen LogP contribution is 2.22. The third-order valence-corrected chi connectivity index (χ3v) is 2.34. The molecule has 4 heteroatoms. The van der Waals surface area contributed by atoms with Crippen molar-refractivity contribution in [2.24, 2.45) is 5.92 Å². The van der Waals surface area contributed by atoms with E-state index in [1.54, 1.807) is 0 Å². The molecule has 1 rings (SSSR count). The van der Waals surface area contributed by atoms with Crippen LogP contribution in [0.4, 0.5) is 11.6 Å². The molecule has 0 aromatic carbocycles. The highest BCUT2D eigenvalue weighted by molar-refractivity contribution is 5.47. The first kappa shape index (κ1) is 13.7. The van der Waals surface area contributed by atoms with Crippen molar-refractivity contribution in [2.75, 3.05) is 24.2 Å². The predicted octanol–water partition coefficient (Wildman–Crippen LogP) is 2.88. The van der Waals surface area contributed by atoms with Crippen molar-refractivity contribution in [3.8, 4) is 0 Å². The Morgan fingerprint density at radius 2 is 1.76 bits per heavy atom. The van der Waals surface area contributed by atoms with Gasteiger partial charge in [0.15, 0.2) is 0 Å². The minimum atomic E-state index is -0.0406. The van der Waals surface area contributed by atoms with Gasteiger partial charge in [0.05, 0.1) is 0 Å². The SMILES string of the molecule is CNc1cc(NCC(C)C)nc(C(C)(C)C)n1. The van der Waals surface area contributed by atoms with Crippen LogP contribution in [-0.2, 0) is 5.41 Å². The molecule has 0 saturated heterocycles. The van der Waals surface area contributed by atoms with E-state index in [-0.39, 0.29) is 5.41 Å². The van der Waals surface area contributed by atoms with Crippen molar-refractivity contribution in [1.82, 2.24) is 9.97 Å². The Morgan fingerprint density at radius 1 is 1.18 bits per heavy atom. The molecule has 0 bridgehead atoms. The molecule has 0 aliphatic heterocycles. The predicted molar refractivity (Wildman–Crippen MR) is 73.6 cm³/mol. The van der Waals surface area contributed by atoms with E-state index in [0.29, 0.717) is 5.92 Å². The van der Waals surface area contributed by atoms with Crippen molar-refractivity contribution in [3.05, 3.63) is 11.9 Å². The number of nitrogens with zero attached hydrogens (tertiary/aromatic N) is 2. The Balaban J connectivity index is 2.97. The van der Waals surface area contributed by atoms with Crippen molar-refractivity contribution in [1.29, 1.82) is 0 Å². The largest absolute Gasteiger partial charge is 0.373 e. The summed E-state index contributed by atoms with van der Waals surface area (Å²) in [5.74, 6) is 3.20. The second-order valence-corrected chi connectivity index (χ2v) is 5.74. The molecular formula is C13H24N4. The number of rotatable bonds is 4. The number of aromatic nitrogens is 2. The van der Waals surface area contributed by atoms with Gasteiger partial charge in [0.2, 0.25) is 0 Å². The lowest BCUT2D eigenvalue weighted by Crippen LogP contribution is -2.19. The van der Waals surface area contributed by atoms with Gasteiger partial charge in [-0.3, -0.25) is 0 Å². The highest BCUT2D eigenvalue weighted by Gasteiger charge is 2.18. The molecule has 0 saturated carbocycles. The van der Waals surface area contributed by atoms with Gasteiger partial charge in [-0.05, 0) is 5.92 Å². The average molecular weight is 236 g/mol. The molecule has 1 aromatic rings. The number of anilines is 2. The summed E-state index contributed by atoms with van der Waals surface area (Å²) in [7, 11) is 1.88. The third-order valence-electron chi connectivity index (χ3n) is 2.34. The van der Waals surface area contributed by atoms with Gasteiger partial charge in [-0.15, -0.1) is 0 Å². The average Bonchev–Trinajstić information content (AvgIpc) is 2.24. The van der Waals surface area contributed by atoms with Crippen LogP contribution in [0.3, 0.4) is 0 Å². The van der Waals surface area contributed by atoms with Gasteiger partial charge >= 0.3 is 0 Å². The fourth-order valence-electron chi connectivity index (χ4n) is 1.31. The van der Waals surface area contributed by atoms with Crippen LogP contribution < -0.4 is 10.6 Å². The third kappa shape index (κ3) is 4.21. The highest BCUT2D eigenvalue weighted by atomic mass is 15.1. The first-order valence-corrected chi connectivity index (χ1v) is 6.14. The van der Waals surface area contributed by atoms with E-state index in [2.05, 4.69) is 55.2 Å². The topological polar surface area (TPSA) is 49.8 Å². The smallest absolute Gasteiger partial charge is 0.138 e. The maximum absolute atomic E-state index is 4.56. The van der Waals surface area contributed by atoms with Crippen LogP contribution in [0, 0.1) is 5.92 Å². The van der Waals surface area contributed by atoms with Gasteiger partial charge in [-0.2, -0.15) is 0 Å². The van der Waals surface area contributed by atoms with E-state index in [4.69, 9.17) is 0 Å². The quantitative estimate of drug-likeness (QED) is 0.844. The number of nitrogens with one attached hydrogen (secondary N) is 2. The van der Waals surface area contributed by atoms with Crippen molar-refractivity contribution in [2.45, 2.75) is 40.0 Å². The second-order valence-electron chi connectivity index (χ2n) is 5.74. The van der Waals surface area contributed by atoms with Crippen molar-refractivity contribution in [3.63, 3.8) is 0 Å². The standard InChI is InChI=1S/C13H24N4/c1-9(2)8-15-11-7-10(14-6)16-12(17-11)13(3,4)5/h7,9H,8H2,1-6H3,(H2,14,15,16,17). The molecule has 0 aliphatic rings. The van der Waals surface area contributed by atoms with Crippen LogP contribution in [-0.4, -0.2) is 23.6 Å². The molecule has 4 nitrogen and oxygen atoms in total. The van der Waals surface area contributed by atoms with Gasteiger partial charge in [-0.1, -0.05) is 34.6 Å². The molecule has 0 aliphatic carbocycles. The van der Waals surface area contributed by atoms with Gasteiger partial charge in [0.25, 0.3) is 0 Å². The number of hydrogen-bond donors (Lipinski definition) is 2. The zero-order chi connectivity index (χ0) is 13.1. The normalized spacial score (nSPS) is 11.7. The first-order chi connectivity index (χ1) is 7.82. The molecule has 0 amide bonds. The van der Waals surface area contributed by atoms with Crippen molar-refractivity contribution >= 4 is 11.6 Å². The van der Waals surface area contributed by atoms with E-state index < -0.39 is 0 Å². The Kier molecular flexibility index (Phi) is 4.32. The van der Waals surface area contributed by atoms with E-state index in [1.807, 2.05) is 13.1 Å². The molecule has 0 fully saturated rings. The summed E-state index contributed by atoms with van der Waals surface area (Å²) in [4.78, 5) is 9.05. The molecular weight excluding hydrogens is 212 g/mol. The second kappa shape index (κ2) is 5.34. The Bertz CT molecular complexity index is 366. The van der Waals surface area contributed by atoms with Crippen LogP contribution in [0.15, 0.2) is 6.07 Å². The molecule has 0 spiro atoms. The molecule has 96 valence electrons. The molecule has 0 atom stereocenters. The Labute approximate surface area is 104 Å². The van der Waals surface area contributed by atoms with Crippen LogP contribution in [0.5, 0.6) is 0 Å². The van der Waals surface area contributed by atoms with Crippen molar-refractivity contribution < 1.29 is 0 Å². The summed E-state index contributed by atoms with van der Waals surface area (Å²) in [5.41, 5.74) is -0.0406. The summed E-state index contributed by atoms with van der Waals surface area (Å²) in [6.45, 7) is 11.6. The zero-order valence-electron chi connectivity index (χ0n) is 11.8. The van der Waals surface area contributed by atoms with Gasteiger partial charge < -0.3 is 10.6 Å². The Morgan fingerprint density at radius 3 is 2.24 bits per heavy atom. The molecule has 2 N–H and O–H groups in total. The summed E-state index contributed by atoms with van der Waals surface area (Å²) in [5, 5.41) is 6.42. The van der Waals surface area contributed by atoms with Crippen LogP contribution >= 0.6 is 0 Å². The molecule has 1 heterocycles. The van der Waals surface area contributed by atoms with Crippen LogP contribution in [0.2, 0.25) is 0 Å². The summed E-state index contributed by atoms with van der Waals surface area (Å²) in [6, 6.07) is 1.94. The molecule has 1 aromatic heterocycles. The number of hydrogen-bond acceptors (Lipinski definition) is 4. The van der Waals surface area contributed by atoms with Crippen LogP contribution in [0.25, 0.3) is 0 Å². The van der Waals surface area contributed by atoms with E-state index in [9.17, 15) is 0 Å². The van der Waals surface area contributed by atoms with E-state index >= 15 is 0 Å². The Hall–Kier alpha value is -1.32. The van der Waals surface area contributed by atoms with Gasteiger partial charge in [-0.25, -0.2) is 9.97 Å². The van der Waals surface area contributed by atoms with E-state index in [1.165, 1.54) is 0 Å². The molecule has 0 radical (unpaired) electrons. The lowest BCUT2D eigenvalue weighted by atomic mass is 9.96. The summed E-state index contributed by atoms with van der Waals surface area (Å²) < 4.78 is 0. The maximum atomic E-state index is 4.56. The fourth-order valence-corrected chi connectivity index (χ4v) is 1.31. The lowest BCUT2D eigenvalue weighted by molar-refractivity contribution is 0.546. The van der Waals surface area contributed by atoms with Gasteiger partial charge in [0, 0.05) is 25.1 Å². The fraction of sp³-hybridized carbons (Fsp3) is 0.692. The lowest BCUT2D eigenvalue weighted by Gasteiger charge is -2.19. The van der Waals surface area contributed by atoms with Crippen LogP contribution in [0.1, 0.15) is 40.4 Å². The summed E-state index contributed by atoms with van der Waals surface area (Å²) in [6.07, 6.45) is 0. The van der Waals surface area contributed by atoms with E-state index in [0.717, 1.165) is 24.0 Å². The summed E-state index contributed by atoms with van der Waals surface area (Å²) >= 11 is 0.